The van der Waals surface area contributed by atoms with E-state index in [1.807, 2.05) is 0 Å². The summed E-state index contributed by atoms with van der Waals surface area (Å²) < 4.78 is 60.0. The third-order valence-corrected chi connectivity index (χ3v) is 4.71. The van der Waals surface area contributed by atoms with Gasteiger partial charge in [0.1, 0.15) is 5.82 Å². The van der Waals surface area contributed by atoms with Crippen LogP contribution in [0.1, 0.15) is 37.2 Å². The molecule has 0 aliphatic heterocycles. The molecule has 28 heavy (non-hydrogen) atoms. The summed E-state index contributed by atoms with van der Waals surface area (Å²) in [6.45, 7) is 0. The van der Waals surface area contributed by atoms with Crippen molar-refractivity contribution in [2.45, 2.75) is 37.4 Å². The van der Waals surface area contributed by atoms with Crippen molar-refractivity contribution in [3.05, 3.63) is 47.8 Å². The number of benzene rings is 1. The number of nitrogens with zero attached hydrogens (tertiary/aromatic N) is 4. The van der Waals surface area contributed by atoms with Gasteiger partial charge < -0.3 is 10.3 Å². The van der Waals surface area contributed by atoms with Crippen LogP contribution in [0.15, 0.2) is 35.0 Å². The molecule has 6 nitrogen and oxygen atoms in total. The molecule has 0 radical (unpaired) electrons. The van der Waals surface area contributed by atoms with Crippen LogP contribution in [0, 0.1) is 5.82 Å². The first kappa shape index (κ1) is 20.3. The van der Waals surface area contributed by atoms with E-state index in [4.69, 9.17) is 10.3 Å². The molecule has 11 heteroatoms. The van der Waals surface area contributed by atoms with Crippen molar-refractivity contribution in [2.24, 2.45) is 5.73 Å². The van der Waals surface area contributed by atoms with Gasteiger partial charge in [0, 0.05) is 0 Å². The summed E-state index contributed by atoms with van der Waals surface area (Å²) in [6.07, 6.45) is -0.656. The number of hydrogen-bond acceptors (Lipinski definition) is 5. The Morgan fingerprint density at radius 2 is 1.75 bits per heavy atom. The predicted molar refractivity (Wildman–Crippen MR) is 93.4 cm³/mol. The Hall–Kier alpha value is -2.46. The second-order valence-corrected chi connectivity index (χ2v) is 6.58. The van der Waals surface area contributed by atoms with E-state index in [2.05, 4.69) is 15.2 Å². The first-order valence-corrected chi connectivity index (χ1v) is 8.32. The maximum Gasteiger partial charge on any atom is 0.434 e. The highest BCUT2D eigenvalue weighted by atomic mass is 35.5. The summed E-state index contributed by atoms with van der Waals surface area (Å²) in [5, 5.41) is 7.60. The quantitative estimate of drug-likeness (QED) is 0.645. The van der Waals surface area contributed by atoms with Crippen LogP contribution in [0.5, 0.6) is 0 Å². The molecule has 2 heterocycles. The summed E-state index contributed by atoms with van der Waals surface area (Å²) in [4.78, 5) is 4.11. The lowest BCUT2D eigenvalue weighted by atomic mass is 9.99. The van der Waals surface area contributed by atoms with Crippen molar-refractivity contribution in [1.82, 2.24) is 19.9 Å². The summed E-state index contributed by atoms with van der Waals surface area (Å²) >= 11 is 0. The molecule has 0 bridgehead atoms. The molecule has 2 aromatic heterocycles. The van der Waals surface area contributed by atoms with E-state index < -0.39 is 23.2 Å². The number of rotatable bonds is 3. The third kappa shape index (κ3) is 3.49. The van der Waals surface area contributed by atoms with Crippen molar-refractivity contribution >= 4 is 12.4 Å². The van der Waals surface area contributed by atoms with Crippen LogP contribution in [0.3, 0.4) is 0 Å². The van der Waals surface area contributed by atoms with Gasteiger partial charge in [0.05, 0.1) is 23.0 Å². The van der Waals surface area contributed by atoms with Crippen molar-refractivity contribution in [3.63, 3.8) is 0 Å². The third-order valence-electron chi connectivity index (χ3n) is 4.71. The Bertz CT molecular complexity index is 961. The number of alkyl halides is 3. The molecule has 0 atom stereocenters. The van der Waals surface area contributed by atoms with Crippen LogP contribution in [0.25, 0.3) is 17.1 Å². The lowest BCUT2D eigenvalue weighted by Gasteiger charge is -2.17. The van der Waals surface area contributed by atoms with Gasteiger partial charge in [0.25, 0.3) is 5.89 Å². The maximum atomic E-state index is 13.7. The lowest BCUT2D eigenvalue weighted by molar-refractivity contribution is -0.142. The normalized spacial score (nSPS) is 16.2. The van der Waals surface area contributed by atoms with Crippen LogP contribution < -0.4 is 5.73 Å². The van der Waals surface area contributed by atoms with Gasteiger partial charge in [-0.2, -0.15) is 23.3 Å². The minimum atomic E-state index is -4.75. The minimum absolute atomic E-state index is 0. The Morgan fingerprint density at radius 1 is 1.11 bits per heavy atom. The Kier molecular flexibility index (Phi) is 5.20. The van der Waals surface area contributed by atoms with Crippen molar-refractivity contribution in [1.29, 1.82) is 0 Å². The molecule has 3 aromatic rings. The second kappa shape index (κ2) is 7.17. The highest BCUT2D eigenvalue weighted by molar-refractivity contribution is 5.85. The molecule has 0 saturated heterocycles. The largest absolute Gasteiger partial charge is 0.434 e. The fraction of sp³-hybridized carbons (Fsp3) is 0.353. The van der Waals surface area contributed by atoms with E-state index in [1.165, 1.54) is 12.1 Å². The van der Waals surface area contributed by atoms with Gasteiger partial charge in [-0.05, 0) is 37.1 Å². The number of hydrogen-bond donors (Lipinski definition) is 1. The zero-order valence-corrected chi connectivity index (χ0v) is 15.2. The van der Waals surface area contributed by atoms with E-state index in [-0.39, 0.29) is 35.4 Å². The first-order valence-electron chi connectivity index (χ1n) is 8.32. The molecule has 1 aromatic carbocycles. The molecule has 0 spiro atoms. The smallest absolute Gasteiger partial charge is 0.334 e. The van der Waals surface area contributed by atoms with Crippen molar-refractivity contribution < 1.29 is 22.1 Å². The first-order chi connectivity index (χ1) is 12.8. The molecule has 1 aliphatic carbocycles. The maximum absolute atomic E-state index is 13.7. The molecular weight excluding hydrogens is 402 g/mol. The monoisotopic (exact) mass is 417 g/mol. The molecular formula is C17H16ClF4N5O. The average Bonchev–Trinajstić information content (AvgIpc) is 3.33. The van der Waals surface area contributed by atoms with Gasteiger partial charge >= 0.3 is 6.18 Å². The van der Waals surface area contributed by atoms with Gasteiger partial charge in [-0.1, -0.05) is 18.0 Å². The molecule has 0 unspecified atom stereocenters. The second-order valence-electron chi connectivity index (χ2n) is 6.58. The van der Waals surface area contributed by atoms with E-state index in [9.17, 15) is 17.6 Å². The Balaban J connectivity index is 0.00000225. The van der Waals surface area contributed by atoms with Crippen molar-refractivity contribution in [3.8, 4) is 17.1 Å². The predicted octanol–water partition coefficient (Wildman–Crippen LogP) is 4.23. The Labute approximate surface area is 163 Å². The molecule has 1 saturated carbocycles. The number of halogens is 5. The standard InChI is InChI=1S/C17H15F4N5O.ClH/c18-10-3-5-11(6-4-10)26-13(17(19,20)21)12(9-23-26)14-24-15(25-27-14)16(22)7-1-2-8-16;/h3-6,9H,1-2,7-8,22H2;1H. The molecule has 2 N–H and O–H groups in total. The number of aromatic nitrogens is 4. The van der Waals surface area contributed by atoms with Gasteiger partial charge in [0.15, 0.2) is 11.5 Å². The topological polar surface area (TPSA) is 82.8 Å². The highest BCUT2D eigenvalue weighted by Crippen LogP contribution is 2.39. The van der Waals surface area contributed by atoms with Gasteiger partial charge in [-0.15, -0.1) is 12.4 Å². The summed E-state index contributed by atoms with van der Waals surface area (Å²) in [7, 11) is 0. The molecule has 1 aliphatic rings. The van der Waals surface area contributed by atoms with E-state index in [0.717, 1.165) is 31.2 Å². The van der Waals surface area contributed by atoms with E-state index in [0.29, 0.717) is 17.5 Å². The minimum Gasteiger partial charge on any atom is -0.334 e. The fourth-order valence-corrected chi connectivity index (χ4v) is 3.32. The van der Waals surface area contributed by atoms with E-state index in [1.54, 1.807) is 0 Å². The molecule has 4 rings (SSSR count). The number of nitrogens with two attached hydrogens (primary N) is 1. The van der Waals surface area contributed by atoms with Crippen LogP contribution in [-0.2, 0) is 11.7 Å². The Morgan fingerprint density at radius 3 is 2.36 bits per heavy atom. The van der Waals surface area contributed by atoms with Crippen LogP contribution in [0.4, 0.5) is 17.6 Å². The van der Waals surface area contributed by atoms with Gasteiger partial charge in [-0.25, -0.2) is 9.07 Å². The van der Waals surface area contributed by atoms with Gasteiger partial charge in [-0.3, -0.25) is 0 Å². The SMILES string of the molecule is Cl.NC1(c2noc(-c3cnn(-c4ccc(F)cc4)c3C(F)(F)F)n2)CCCC1. The van der Waals surface area contributed by atoms with Crippen molar-refractivity contribution in [2.75, 3.05) is 0 Å². The summed E-state index contributed by atoms with van der Waals surface area (Å²) in [5.74, 6) is -0.675. The molecule has 1 fully saturated rings. The zero-order valence-electron chi connectivity index (χ0n) is 14.4. The summed E-state index contributed by atoms with van der Waals surface area (Å²) in [6, 6.07) is 4.52. The van der Waals surface area contributed by atoms with Crippen LogP contribution >= 0.6 is 12.4 Å². The average molecular weight is 418 g/mol. The van der Waals surface area contributed by atoms with Crippen LogP contribution in [0.2, 0.25) is 0 Å². The highest BCUT2D eigenvalue weighted by Gasteiger charge is 2.42. The fourth-order valence-electron chi connectivity index (χ4n) is 3.32. The summed E-state index contributed by atoms with van der Waals surface area (Å²) in [5.41, 5.74) is 4.08. The zero-order chi connectivity index (χ0) is 19.2. The lowest BCUT2D eigenvalue weighted by Crippen LogP contribution is -2.34. The molecule has 0 amide bonds. The van der Waals surface area contributed by atoms with Gasteiger partial charge in [0.2, 0.25) is 0 Å². The molecule has 150 valence electrons. The van der Waals surface area contributed by atoms with E-state index >= 15 is 0 Å². The van der Waals surface area contributed by atoms with Crippen LogP contribution in [-0.4, -0.2) is 19.9 Å².